The van der Waals surface area contributed by atoms with Gasteiger partial charge in [0.05, 0.1) is 0 Å². The molecule has 0 aliphatic heterocycles. The van der Waals surface area contributed by atoms with Crippen molar-refractivity contribution >= 4 is 28.9 Å². The molecule has 2 atom stereocenters. The first kappa shape index (κ1) is 20.2. The number of rotatable bonds is 6. The molecule has 5 heteroatoms. The normalized spacial score (nSPS) is 19.0. The molecule has 2 aromatic carbocycles. The summed E-state index contributed by atoms with van der Waals surface area (Å²) in [4.78, 5) is 29.8. The molecule has 150 valence electrons. The van der Waals surface area contributed by atoms with Gasteiger partial charge in [-0.25, -0.2) is 0 Å². The molecule has 0 radical (unpaired) electrons. The first-order valence-electron chi connectivity index (χ1n) is 9.69. The van der Waals surface area contributed by atoms with E-state index in [1.165, 1.54) is 0 Å². The average molecular weight is 434 g/mol. The fourth-order valence-corrected chi connectivity index (χ4v) is 12.1. The third-order valence-corrected chi connectivity index (χ3v) is 13.6. The van der Waals surface area contributed by atoms with Crippen LogP contribution in [0, 0.1) is 0 Å². The molecule has 0 amide bonds. The summed E-state index contributed by atoms with van der Waals surface area (Å²) in [5.74, 6) is -1.32. The zero-order valence-electron chi connectivity index (χ0n) is 16.5. The minimum absolute atomic E-state index is 0.466. The molecule has 0 N–H and O–H groups in total. The third-order valence-electron chi connectivity index (χ3n) is 5.90. The van der Waals surface area contributed by atoms with Crippen molar-refractivity contribution in [2.45, 2.75) is 8.45 Å². The minimum atomic E-state index is -5.32. The summed E-state index contributed by atoms with van der Waals surface area (Å²) in [6.45, 7) is 7.10. The van der Waals surface area contributed by atoms with Crippen LogP contribution >= 0.6 is 0 Å². The van der Waals surface area contributed by atoms with Gasteiger partial charge in [-0.3, -0.25) is 0 Å². The molecule has 30 heavy (non-hydrogen) atoms. The van der Waals surface area contributed by atoms with Gasteiger partial charge in [-0.1, -0.05) is 0 Å². The average Bonchev–Trinajstić information content (AvgIpc) is 3.39. The van der Waals surface area contributed by atoms with Crippen LogP contribution in [0.2, 0.25) is 0 Å². The monoisotopic (exact) mass is 434 g/mol. The van der Waals surface area contributed by atoms with Gasteiger partial charge in [0, 0.05) is 0 Å². The summed E-state index contributed by atoms with van der Waals surface area (Å²) in [5, 5.41) is 0. The summed E-state index contributed by atoms with van der Waals surface area (Å²) in [6.07, 6.45) is 9.98. The molecule has 0 heterocycles. The van der Waals surface area contributed by atoms with Crippen molar-refractivity contribution in [3.8, 4) is 0 Å². The maximum absolute atomic E-state index is 12.6. The maximum atomic E-state index is 12.6. The van der Waals surface area contributed by atoms with Crippen molar-refractivity contribution in [2.75, 3.05) is 0 Å². The zero-order chi connectivity index (χ0) is 21.4. The second-order valence-electron chi connectivity index (χ2n) is 7.60. The molecule has 0 aromatic heterocycles. The molecule has 4 rings (SSSR count). The summed E-state index contributed by atoms with van der Waals surface area (Å²) < 4.78 is 11.4. The summed E-state index contributed by atoms with van der Waals surface area (Å²) in [7, 11) is 0. The van der Waals surface area contributed by atoms with Crippen LogP contribution in [0.15, 0.2) is 86.0 Å². The van der Waals surface area contributed by atoms with Gasteiger partial charge in [0.25, 0.3) is 0 Å². The fraction of sp³-hybridized carbons (Fsp3) is 0.0800. The molecule has 0 saturated heterocycles. The van der Waals surface area contributed by atoms with Gasteiger partial charge in [-0.15, -0.1) is 0 Å². The molecular weight excluding hydrogens is 412 g/mol. The van der Waals surface area contributed by atoms with E-state index in [0.717, 1.165) is 34.4 Å². The van der Waals surface area contributed by atoms with Crippen LogP contribution in [-0.4, -0.2) is 16.8 Å². The quantitative estimate of drug-likeness (QED) is 0.478. The number of carbonyl (C=O) groups is 2. The van der Waals surface area contributed by atoms with Crippen molar-refractivity contribution in [1.82, 2.24) is 0 Å². The summed E-state index contributed by atoms with van der Waals surface area (Å²) in [6, 6.07) is 15.6. The van der Waals surface area contributed by atoms with Gasteiger partial charge in [0.15, 0.2) is 0 Å². The first-order valence-corrected chi connectivity index (χ1v) is 13.9. The van der Waals surface area contributed by atoms with Crippen LogP contribution in [0.25, 0.3) is 12.2 Å². The topological polar surface area (TPSA) is 52.6 Å². The van der Waals surface area contributed by atoms with Gasteiger partial charge < -0.3 is 0 Å². The summed E-state index contributed by atoms with van der Waals surface area (Å²) in [5.41, 5.74) is 3.83. The number of carbonyl (C=O) groups excluding carboxylic acids is 2. The van der Waals surface area contributed by atoms with Crippen LogP contribution in [0.5, 0.6) is 0 Å². The Hall–Kier alpha value is -3.08. The fourth-order valence-electron chi connectivity index (χ4n) is 4.56. The Kier molecular flexibility index (Phi) is 4.93. The Balaban J connectivity index is 2.02. The first-order chi connectivity index (χ1) is 14.4. The van der Waals surface area contributed by atoms with Crippen LogP contribution in [0.4, 0.5) is 0 Å². The Morgan fingerprint density at radius 2 is 1.17 bits per heavy atom. The van der Waals surface area contributed by atoms with Gasteiger partial charge >= 0.3 is 177 Å². The standard InChI is InChI=1S/2C9H7.2C3H4O2.CH2.Ti/c2*1-2-5-9-7-3-6-8(9)4-1;2*1-2-3(4)5;;/h2*1-7H;2*2H,1H2,(H,4,5);1H2;/q;;;;;+2/p-2. The third kappa shape index (κ3) is 3.00. The van der Waals surface area contributed by atoms with Crippen LogP contribution in [-0.2, 0) is 31.8 Å². The van der Waals surface area contributed by atoms with E-state index in [0.29, 0.717) is 0 Å². The van der Waals surface area contributed by atoms with E-state index in [1.807, 2.05) is 72.8 Å². The van der Waals surface area contributed by atoms with E-state index >= 15 is 0 Å². The van der Waals surface area contributed by atoms with Crippen molar-refractivity contribution in [3.05, 3.63) is 108 Å². The number of fused-ring (bicyclic) bond motifs is 2. The Labute approximate surface area is 177 Å². The molecule has 0 saturated carbocycles. The van der Waals surface area contributed by atoms with Crippen molar-refractivity contribution < 1.29 is 31.8 Å². The van der Waals surface area contributed by atoms with Crippen LogP contribution < -0.4 is 0 Å². The molecule has 0 spiro atoms. The number of allylic oxidation sites excluding steroid dienone is 2. The molecule has 0 fully saturated rings. The van der Waals surface area contributed by atoms with Gasteiger partial charge in [0.2, 0.25) is 0 Å². The van der Waals surface area contributed by atoms with Crippen molar-refractivity contribution in [1.29, 1.82) is 0 Å². The Morgan fingerprint density at radius 3 is 1.57 bits per heavy atom. The van der Waals surface area contributed by atoms with Crippen LogP contribution in [0.1, 0.15) is 30.7 Å². The van der Waals surface area contributed by atoms with Crippen molar-refractivity contribution in [2.24, 2.45) is 0 Å². The zero-order valence-corrected chi connectivity index (χ0v) is 18.1. The number of hydrogen-bond donors (Lipinski definition) is 0. The van der Waals surface area contributed by atoms with Crippen molar-refractivity contribution in [3.63, 3.8) is 0 Å². The van der Waals surface area contributed by atoms with E-state index in [-0.39, 0.29) is 0 Å². The number of benzene rings is 2. The molecule has 0 bridgehead atoms. The van der Waals surface area contributed by atoms with E-state index < -0.39 is 36.0 Å². The van der Waals surface area contributed by atoms with Gasteiger partial charge in [-0.2, -0.15) is 0 Å². The predicted molar refractivity (Wildman–Crippen MR) is 116 cm³/mol. The molecular formula is C25H22O4Ti. The van der Waals surface area contributed by atoms with Gasteiger partial charge in [-0.05, 0) is 0 Å². The van der Waals surface area contributed by atoms with E-state index in [2.05, 4.69) is 18.0 Å². The van der Waals surface area contributed by atoms with E-state index in [9.17, 15) is 9.59 Å². The van der Waals surface area contributed by atoms with Gasteiger partial charge in [0.1, 0.15) is 0 Å². The predicted octanol–water partition coefficient (Wildman–Crippen LogP) is 4.93. The second-order valence-corrected chi connectivity index (χ2v) is 14.6. The Bertz CT molecular complexity index is 1110. The van der Waals surface area contributed by atoms with Crippen LogP contribution in [0.3, 0.4) is 0 Å². The Morgan fingerprint density at radius 1 is 0.767 bits per heavy atom. The molecule has 2 aliphatic carbocycles. The molecule has 4 nitrogen and oxygen atoms in total. The van der Waals surface area contributed by atoms with E-state index in [4.69, 9.17) is 6.64 Å². The second kappa shape index (κ2) is 7.31. The summed E-state index contributed by atoms with van der Waals surface area (Å²) >= 11 is -5.32. The molecule has 2 aliphatic rings. The molecule has 2 aromatic rings. The van der Waals surface area contributed by atoms with E-state index in [1.54, 1.807) is 0 Å². The molecule has 2 unspecified atom stereocenters. The SMILES string of the molecule is C=CC(=O)[O][Ti](=[CH2])([O]C(=O)C=C)([CH]1C=Cc2ccccc21)[CH]1C=Cc2ccccc21. The number of hydrogen-bond acceptors (Lipinski definition) is 4.